The number of nitrogens with two attached hydrogens (primary N) is 2. The van der Waals surface area contributed by atoms with E-state index < -0.39 is 5.97 Å². The normalized spacial score (nSPS) is 12.9. The minimum Gasteiger partial charge on any atom is -0.481 e. The third-order valence-electron chi connectivity index (χ3n) is 1.62. The Balaban J connectivity index is 3.60. The Bertz CT molecular complexity index is 117. The van der Waals surface area contributed by atoms with Gasteiger partial charge in [-0.3, -0.25) is 4.79 Å². The van der Waals surface area contributed by atoms with E-state index in [-0.39, 0.29) is 5.92 Å². The Labute approximate surface area is 66.6 Å². The van der Waals surface area contributed by atoms with Crippen LogP contribution in [-0.2, 0) is 4.79 Å². The van der Waals surface area contributed by atoms with Crippen LogP contribution in [0.4, 0.5) is 0 Å². The molecule has 0 radical (unpaired) electrons. The molecule has 4 nitrogen and oxygen atoms in total. The Morgan fingerprint density at radius 3 is 2.27 bits per heavy atom. The third-order valence-corrected chi connectivity index (χ3v) is 1.62. The van der Waals surface area contributed by atoms with Gasteiger partial charge >= 0.3 is 5.97 Å². The fourth-order valence-corrected chi connectivity index (χ4v) is 0.957. The maximum atomic E-state index is 10.5. The monoisotopic (exact) mass is 160 g/mol. The van der Waals surface area contributed by atoms with Crippen LogP contribution >= 0.6 is 0 Å². The van der Waals surface area contributed by atoms with E-state index in [2.05, 4.69) is 0 Å². The number of carbonyl (C=O) groups is 1. The van der Waals surface area contributed by atoms with Crippen LogP contribution in [0.5, 0.6) is 0 Å². The number of rotatable bonds is 6. The van der Waals surface area contributed by atoms with Crippen molar-refractivity contribution in [2.45, 2.75) is 19.3 Å². The van der Waals surface area contributed by atoms with Crippen LogP contribution in [0.1, 0.15) is 19.3 Å². The van der Waals surface area contributed by atoms with Crippen molar-refractivity contribution >= 4 is 5.97 Å². The van der Waals surface area contributed by atoms with Crippen molar-refractivity contribution in [1.29, 1.82) is 0 Å². The lowest BCUT2D eigenvalue weighted by Crippen LogP contribution is -2.18. The quantitative estimate of drug-likeness (QED) is 0.501. The second kappa shape index (κ2) is 6.12. The highest BCUT2D eigenvalue weighted by Crippen LogP contribution is 2.09. The number of hydrogen-bond donors (Lipinski definition) is 3. The van der Waals surface area contributed by atoms with Crippen molar-refractivity contribution in [3.05, 3.63) is 0 Å². The summed E-state index contributed by atoms with van der Waals surface area (Å²) in [5.41, 5.74) is 10.5. The molecule has 11 heavy (non-hydrogen) atoms. The first-order valence-corrected chi connectivity index (χ1v) is 3.85. The van der Waals surface area contributed by atoms with Gasteiger partial charge in [0.15, 0.2) is 0 Å². The van der Waals surface area contributed by atoms with E-state index in [0.29, 0.717) is 25.9 Å². The van der Waals surface area contributed by atoms with Crippen LogP contribution in [0, 0.1) is 5.92 Å². The van der Waals surface area contributed by atoms with Gasteiger partial charge in [0.25, 0.3) is 0 Å². The topological polar surface area (TPSA) is 89.3 Å². The van der Waals surface area contributed by atoms with E-state index in [4.69, 9.17) is 16.6 Å². The maximum absolute atomic E-state index is 10.5. The van der Waals surface area contributed by atoms with Gasteiger partial charge in [-0.1, -0.05) is 0 Å². The molecule has 0 aromatic rings. The molecule has 66 valence electrons. The lowest BCUT2D eigenvalue weighted by atomic mass is 10.00. The molecule has 0 aromatic carbocycles. The minimum absolute atomic E-state index is 0.302. The Morgan fingerprint density at radius 2 is 1.91 bits per heavy atom. The molecule has 5 N–H and O–H groups in total. The van der Waals surface area contributed by atoms with E-state index in [1.54, 1.807) is 0 Å². The van der Waals surface area contributed by atoms with E-state index in [1.807, 2.05) is 0 Å². The minimum atomic E-state index is -0.760. The van der Waals surface area contributed by atoms with Crippen molar-refractivity contribution in [3.63, 3.8) is 0 Å². The predicted octanol–water partition coefficient (Wildman–Crippen LogP) is -0.225. The lowest BCUT2D eigenvalue weighted by Gasteiger charge is -2.08. The largest absolute Gasteiger partial charge is 0.481 e. The van der Waals surface area contributed by atoms with Gasteiger partial charge in [0.2, 0.25) is 0 Å². The van der Waals surface area contributed by atoms with Gasteiger partial charge in [-0.15, -0.1) is 0 Å². The van der Waals surface area contributed by atoms with Gasteiger partial charge in [-0.2, -0.15) is 0 Å². The fraction of sp³-hybridized carbons (Fsp3) is 0.857. The zero-order valence-electron chi connectivity index (χ0n) is 6.62. The van der Waals surface area contributed by atoms with Gasteiger partial charge in [0, 0.05) is 0 Å². The summed E-state index contributed by atoms with van der Waals surface area (Å²) >= 11 is 0. The molecule has 1 atom stereocenters. The van der Waals surface area contributed by atoms with Crippen LogP contribution in [0.2, 0.25) is 0 Å². The Kier molecular flexibility index (Phi) is 5.78. The molecule has 0 amide bonds. The molecule has 4 heteroatoms. The van der Waals surface area contributed by atoms with Gasteiger partial charge in [-0.25, -0.2) is 0 Å². The molecule has 0 aliphatic rings. The van der Waals surface area contributed by atoms with Gasteiger partial charge in [0.05, 0.1) is 5.92 Å². The first-order chi connectivity index (χ1) is 5.22. The molecule has 0 fully saturated rings. The number of carboxylic acid groups (broad SMARTS) is 1. The zero-order chi connectivity index (χ0) is 8.69. The molecule has 0 heterocycles. The molecule has 0 bridgehead atoms. The van der Waals surface area contributed by atoms with E-state index >= 15 is 0 Å². The van der Waals surface area contributed by atoms with Crippen molar-refractivity contribution in [2.75, 3.05) is 13.1 Å². The number of carboxylic acids is 1. The first-order valence-electron chi connectivity index (χ1n) is 3.85. The standard InChI is InChI=1S/C7H16N2O2/c8-4-1-2-6(3-5-9)7(10)11/h6H,1-5,8-9H2,(H,10,11). The molecular formula is C7H16N2O2. The summed E-state index contributed by atoms with van der Waals surface area (Å²) < 4.78 is 0. The summed E-state index contributed by atoms with van der Waals surface area (Å²) in [5.74, 6) is -1.06. The zero-order valence-corrected chi connectivity index (χ0v) is 6.62. The van der Waals surface area contributed by atoms with Gasteiger partial charge in [0.1, 0.15) is 0 Å². The summed E-state index contributed by atoms with van der Waals surface area (Å²) in [6.07, 6.45) is 1.95. The highest BCUT2D eigenvalue weighted by Gasteiger charge is 2.14. The van der Waals surface area contributed by atoms with Crippen molar-refractivity contribution < 1.29 is 9.90 Å². The molecule has 0 spiro atoms. The molecule has 0 saturated carbocycles. The molecule has 0 saturated heterocycles. The summed E-state index contributed by atoms with van der Waals surface area (Å²) in [6, 6.07) is 0. The Morgan fingerprint density at radius 1 is 1.27 bits per heavy atom. The van der Waals surface area contributed by atoms with Crippen LogP contribution in [-0.4, -0.2) is 24.2 Å². The van der Waals surface area contributed by atoms with E-state index in [1.165, 1.54) is 0 Å². The van der Waals surface area contributed by atoms with E-state index in [0.717, 1.165) is 6.42 Å². The second-order valence-electron chi connectivity index (χ2n) is 2.54. The molecule has 0 aromatic heterocycles. The highest BCUT2D eigenvalue weighted by atomic mass is 16.4. The molecule has 0 aliphatic heterocycles. The SMILES string of the molecule is NCCCC(CCN)C(=O)O. The second-order valence-corrected chi connectivity index (χ2v) is 2.54. The predicted molar refractivity (Wildman–Crippen MR) is 43.1 cm³/mol. The summed E-state index contributed by atoms with van der Waals surface area (Å²) in [4.78, 5) is 10.5. The summed E-state index contributed by atoms with van der Waals surface area (Å²) in [6.45, 7) is 0.982. The summed E-state index contributed by atoms with van der Waals surface area (Å²) in [5, 5.41) is 8.63. The van der Waals surface area contributed by atoms with Gasteiger partial charge in [-0.05, 0) is 32.4 Å². The lowest BCUT2D eigenvalue weighted by molar-refractivity contribution is -0.142. The summed E-state index contributed by atoms with van der Waals surface area (Å²) in [7, 11) is 0. The van der Waals surface area contributed by atoms with Crippen LogP contribution in [0.15, 0.2) is 0 Å². The number of hydrogen-bond acceptors (Lipinski definition) is 3. The average molecular weight is 160 g/mol. The first kappa shape index (κ1) is 10.4. The van der Waals surface area contributed by atoms with Crippen LogP contribution in [0.25, 0.3) is 0 Å². The fourth-order valence-electron chi connectivity index (χ4n) is 0.957. The van der Waals surface area contributed by atoms with Gasteiger partial charge < -0.3 is 16.6 Å². The van der Waals surface area contributed by atoms with Crippen LogP contribution < -0.4 is 11.5 Å². The molecule has 0 rings (SSSR count). The van der Waals surface area contributed by atoms with Crippen LogP contribution in [0.3, 0.4) is 0 Å². The van der Waals surface area contributed by atoms with Crippen molar-refractivity contribution in [1.82, 2.24) is 0 Å². The number of aliphatic carboxylic acids is 1. The van der Waals surface area contributed by atoms with Crippen molar-refractivity contribution in [2.24, 2.45) is 17.4 Å². The average Bonchev–Trinajstić information content (AvgIpc) is 1.97. The highest BCUT2D eigenvalue weighted by molar-refractivity contribution is 5.69. The third kappa shape index (κ3) is 4.75. The molecule has 1 unspecified atom stereocenters. The van der Waals surface area contributed by atoms with E-state index in [9.17, 15) is 4.79 Å². The molecule has 0 aliphatic carbocycles. The molecular weight excluding hydrogens is 144 g/mol. The van der Waals surface area contributed by atoms with Crippen molar-refractivity contribution in [3.8, 4) is 0 Å². The Hall–Kier alpha value is -0.610. The smallest absolute Gasteiger partial charge is 0.306 e. The maximum Gasteiger partial charge on any atom is 0.306 e.